The summed E-state index contributed by atoms with van der Waals surface area (Å²) in [6.45, 7) is -0.513. The summed E-state index contributed by atoms with van der Waals surface area (Å²) in [5.74, 6) is -2.19. The zero-order chi connectivity index (χ0) is 16.7. The second-order valence-corrected chi connectivity index (χ2v) is 4.80. The fraction of sp³-hybridized carbons (Fsp3) is 0.188. The van der Waals surface area contributed by atoms with E-state index in [-0.39, 0.29) is 12.2 Å². The standard InChI is InChI=1S/C16H16N2O5/c19-14(20)10-17-15(21)12(9-11-5-2-1-3-6-11)18-16(22)13-7-4-8-23-13/h1-8,12H,9-10H2,(H,17,21)(H,18,22)(H,19,20)/t12-/m1/s1. The van der Waals surface area contributed by atoms with E-state index < -0.39 is 30.4 Å². The summed E-state index contributed by atoms with van der Waals surface area (Å²) in [7, 11) is 0. The molecule has 1 heterocycles. The van der Waals surface area contributed by atoms with Gasteiger partial charge in [0.05, 0.1) is 6.26 Å². The molecule has 0 spiro atoms. The van der Waals surface area contributed by atoms with E-state index in [1.165, 1.54) is 12.3 Å². The van der Waals surface area contributed by atoms with Crippen LogP contribution in [-0.2, 0) is 16.0 Å². The number of benzene rings is 1. The van der Waals surface area contributed by atoms with Gasteiger partial charge in [0.15, 0.2) is 5.76 Å². The number of carbonyl (C=O) groups excluding carboxylic acids is 2. The van der Waals surface area contributed by atoms with Crippen molar-refractivity contribution >= 4 is 17.8 Å². The predicted molar refractivity (Wildman–Crippen MR) is 80.8 cm³/mol. The molecule has 0 bridgehead atoms. The quantitative estimate of drug-likeness (QED) is 0.701. The smallest absolute Gasteiger partial charge is 0.322 e. The second-order valence-electron chi connectivity index (χ2n) is 4.80. The van der Waals surface area contributed by atoms with Crippen LogP contribution < -0.4 is 10.6 Å². The maximum Gasteiger partial charge on any atom is 0.322 e. The molecule has 0 saturated heterocycles. The lowest BCUT2D eigenvalue weighted by Crippen LogP contribution is -2.49. The summed E-state index contributed by atoms with van der Waals surface area (Å²) in [5.41, 5.74) is 0.836. The highest BCUT2D eigenvalue weighted by molar-refractivity contribution is 5.96. The van der Waals surface area contributed by atoms with Crippen LogP contribution in [0.5, 0.6) is 0 Å². The number of hydrogen-bond acceptors (Lipinski definition) is 4. The lowest BCUT2D eigenvalue weighted by atomic mass is 10.1. The molecule has 3 N–H and O–H groups in total. The van der Waals surface area contributed by atoms with Crippen molar-refractivity contribution in [3.8, 4) is 0 Å². The number of rotatable bonds is 7. The molecule has 0 radical (unpaired) electrons. The summed E-state index contributed by atoms with van der Waals surface area (Å²) < 4.78 is 4.99. The van der Waals surface area contributed by atoms with Crippen LogP contribution in [0, 0.1) is 0 Å². The summed E-state index contributed by atoms with van der Waals surface area (Å²) in [5, 5.41) is 13.5. The van der Waals surface area contributed by atoms with Crippen molar-refractivity contribution in [1.29, 1.82) is 0 Å². The molecule has 0 aliphatic rings. The molecule has 1 aromatic heterocycles. The number of nitrogens with one attached hydrogen (secondary N) is 2. The molecule has 2 rings (SSSR count). The van der Waals surface area contributed by atoms with Crippen molar-refractivity contribution in [1.82, 2.24) is 10.6 Å². The van der Waals surface area contributed by atoms with Crippen LogP contribution in [0.1, 0.15) is 16.1 Å². The molecular formula is C16H16N2O5. The van der Waals surface area contributed by atoms with Gasteiger partial charge in [-0.05, 0) is 17.7 Å². The Bertz CT molecular complexity index is 667. The van der Waals surface area contributed by atoms with Gasteiger partial charge < -0.3 is 20.2 Å². The average molecular weight is 316 g/mol. The molecule has 0 aliphatic carbocycles. The van der Waals surface area contributed by atoms with Crippen LogP contribution in [0.4, 0.5) is 0 Å². The zero-order valence-corrected chi connectivity index (χ0v) is 12.2. The summed E-state index contributed by atoms with van der Waals surface area (Å²) in [6.07, 6.45) is 1.59. The first-order valence-electron chi connectivity index (χ1n) is 6.94. The van der Waals surface area contributed by atoms with E-state index in [0.717, 1.165) is 5.56 Å². The monoisotopic (exact) mass is 316 g/mol. The van der Waals surface area contributed by atoms with E-state index in [1.54, 1.807) is 6.07 Å². The van der Waals surface area contributed by atoms with Crippen molar-refractivity contribution in [2.75, 3.05) is 6.54 Å². The second kappa shape index (κ2) is 7.79. The molecule has 7 nitrogen and oxygen atoms in total. The number of hydrogen-bond donors (Lipinski definition) is 3. The Kier molecular flexibility index (Phi) is 5.51. The van der Waals surface area contributed by atoms with Crippen LogP contribution in [0.15, 0.2) is 53.1 Å². The van der Waals surface area contributed by atoms with Crippen molar-refractivity contribution in [3.05, 3.63) is 60.1 Å². The number of carboxylic acids is 1. The van der Waals surface area contributed by atoms with Gasteiger partial charge >= 0.3 is 5.97 Å². The van der Waals surface area contributed by atoms with Crippen LogP contribution in [0.3, 0.4) is 0 Å². The molecule has 0 saturated carbocycles. The Morgan fingerprint density at radius 2 is 1.83 bits per heavy atom. The minimum atomic E-state index is -1.16. The van der Waals surface area contributed by atoms with Crippen LogP contribution in [-0.4, -0.2) is 35.5 Å². The van der Waals surface area contributed by atoms with Crippen molar-refractivity contribution in [3.63, 3.8) is 0 Å². The van der Waals surface area contributed by atoms with Gasteiger partial charge in [0.1, 0.15) is 12.6 Å². The highest BCUT2D eigenvalue weighted by Gasteiger charge is 2.23. The normalized spacial score (nSPS) is 11.5. The molecule has 120 valence electrons. The Morgan fingerprint density at radius 3 is 2.43 bits per heavy atom. The summed E-state index contributed by atoms with van der Waals surface area (Å²) >= 11 is 0. The van der Waals surface area contributed by atoms with Gasteiger partial charge in [0.2, 0.25) is 5.91 Å². The molecular weight excluding hydrogens is 300 g/mol. The molecule has 2 aromatic rings. The number of furan rings is 1. The number of amides is 2. The Labute approximate surface area is 132 Å². The van der Waals surface area contributed by atoms with Crippen molar-refractivity contribution in [2.45, 2.75) is 12.5 Å². The molecule has 23 heavy (non-hydrogen) atoms. The lowest BCUT2D eigenvalue weighted by molar-refractivity contribution is -0.138. The topological polar surface area (TPSA) is 109 Å². The summed E-state index contributed by atoms with van der Waals surface area (Å²) in [6, 6.07) is 11.2. The molecule has 0 unspecified atom stereocenters. The van der Waals surface area contributed by atoms with E-state index in [1.807, 2.05) is 30.3 Å². The van der Waals surface area contributed by atoms with Crippen LogP contribution in [0.25, 0.3) is 0 Å². The van der Waals surface area contributed by atoms with Crippen molar-refractivity contribution < 1.29 is 23.9 Å². The third-order valence-corrected chi connectivity index (χ3v) is 3.06. The lowest BCUT2D eigenvalue weighted by Gasteiger charge is -2.17. The van der Waals surface area contributed by atoms with E-state index in [2.05, 4.69) is 10.6 Å². The van der Waals surface area contributed by atoms with Gasteiger partial charge in [-0.25, -0.2) is 0 Å². The molecule has 0 fully saturated rings. The highest BCUT2D eigenvalue weighted by Crippen LogP contribution is 2.06. The average Bonchev–Trinajstić information content (AvgIpc) is 3.07. The third kappa shape index (κ3) is 4.99. The predicted octanol–water partition coefficient (Wildman–Crippen LogP) is 0.821. The number of carboxylic acid groups (broad SMARTS) is 1. The molecule has 2 amide bonds. The van der Waals surface area contributed by atoms with Crippen molar-refractivity contribution in [2.24, 2.45) is 0 Å². The minimum Gasteiger partial charge on any atom is -0.480 e. The van der Waals surface area contributed by atoms with E-state index >= 15 is 0 Å². The number of carbonyl (C=O) groups is 3. The van der Waals surface area contributed by atoms with Gasteiger partial charge in [-0.3, -0.25) is 14.4 Å². The van der Waals surface area contributed by atoms with Gasteiger partial charge in [-0.15, -0.1) is 0 Å². The van der Waals surface area contributed by atoms with Crippen LogP contribution in [0.2, 0.25) is 0 Å². The molecule has 1 aromatic carbocycles. The SMILES string of the molecule is O=C(O)CNC(=O)[C@@H](Cc1ccccc1)NC(=O)c1ccco1. The Morgan fingerprint density at radius 1 is 1.09 bits per heavy atom. The van der Waals surface area contributed by atoms with Gasteiger partial charge in [0, 0.05) is 6.42 Å². The first-order valence-corrected chi connectivity index (χ1v) is 6.94. The molecule has 1 atom stereocenters. The first-order chi connectivity index (χ1) is 11.1. The maximum absolute atomic E-state index is 12.1. The summed E-state index contributed by atoms with van der Waals surface area (Å²) in [4.78, 5) is 34.8. The first kappa shape index (κ1) is 16.3. The van der Waals surface area contributed by atoms with E-state index in [0.29, 0.717) is 0 Å². The number of aliphatic carboxylic acids is 1. The zero-order valence-electron chi connectivity index (χ0n) is 12.2. The van der Waals surface area contributed by atoms with E-state index in [4.69, 9.17) is 9.52 Å². The molecule has 7 heteroatoms. The molecule has 0 aliphatic heterocycles. The van der Waals surface area contributed by atoms with Gasteiger partial charge in [-0.1, -0.05) is 30.3 Å². The van der Waals surface area contributed by atoms with E-state index in [9.17, 15) is 14.4 Å². The third-order valence-electron chi connectivity index (χ3n) is 3.06. The van der Waals surface area contributed by atoms with Crippen LogP contribution >= 0.6 is 0 Å². The minimum absolute atomic E-state index is 0.0779. The van der Waals surface area contributed by atoms with Gasteiger partial charge in [-0.2, -0.15) is 0 Å². The van der Waals surface area contributed by atoms with Gasteiger partial charge in [0.25, 0.3) is 5.91 Å². The Balaban J connectivity index is 2.08. The highest BCUT2D eigenvalue weighted by atomic mass is 16.4. The Hall–Kier alpha value is -3.09. The largest absolute Gasteiger partial charge is 0.480 e. The fourth-order valence-electron chi connectivity index (χ4n) is 1.98. The fourth-order valence-corrected chi connectivity index (χ4v) is 1.98. The maximum atomic E-state index is 12.1.